The maximum atomic E-state index is 5.06. The second-order valence-electron chi connectivity index (χ2n) is 2.70. The third-order valence-corrected chi connectivity index (χ3v) is 1.40. The molecule has 1 heterocycles. The van der Waals surface area contributed by atoms with Crippen molar-refractivity contribution in [3.8, 4) is 0 Å². The highest BCUT2D eigenvalue weighted by Gasteiger charge is 2.20. The number of hydrogen-bond acceptors (Lipinski definition) is 3. The molecule has 1 rings (SSSR count). The fraction of sp³-hybridized carbons (Fsp3) is 0.429. The second kappa shape index (κ2) is 3.01. The zero-order chi connectivity index (χ0) is 8.32. The van der Waals surface area contributed by atoms with Gasteiger partial charge in [0.15, 0.2) is 5.82 Å². The Labute approximate surface area is 67.3 Å². The lowest BCUT2D eigenvalue weighted by Gasteiger charge is -2.21. The fourth-order valence-corrected chi connectivity index (χ4v) is 0.663. The van der Waals surface area contributed by atoms with Crippen LogP contribution in [0, 0.1) is 0 Å². The Morgan fingerprint density at radius 3 is 2.36 bits per heavy atom. The van der Waals surface area contributed by atoms with Crippen LogP contribution in [-0.4, -0.2) is 18.0 Å². The highest BCUT2D eigenvalue weighted by Crippen LogP contribution is 2.17. The van der Waals surface area contributed by atoms with Gasteiger partial charge in [0.2, 0.25) is 0 Å². The number of hydrogen-bond donors (Lipinski definition) is 0. The molecule has 0 aliphatic rings. The van der Waals surface area contributed by atoms with Gasteiger partial charge in [-0.25, -0.2) is 9.97 Å². The molecule has 3 nitrogen and oxygen atoms in total. The molecule has 2 radical (unpaired) electrons. The zero-order valence-electron chi connectivity index (χ0n) is 6.61. The maximum absolute atomic E-state index is 5.06. The van der Waals surface area contributed by atoms with Crippen molar-refractivity contribution in [1.29, 1.82) is 0 Å². The maximum Gasteiger partial charge on any atom is 0.284 e. The lowest BCUT2D eigenvalue weighted by Crippen LogP contribution is -2.23. The Bertz CT molecular complexity index is 225. The molecule has 0 aromatic carbocycles. The molecule has 0 saturated carbocycles. The summed E-state index contributed by atoms with van der Waals surface area (Å²) in [6.07, 6.45) is 3.31. The Morgan fingerprint density at radius 2 is 1.91 bits per heavy atom. The van der Waals surface area contributed by atoms with Gasteiger partial charge in [0, 0.05) is 12.4 Å². The van der Waals surface area contributed by atoms with Crippen molar-refractivity contribution >= 4 is 8.05 Å². The van der Waals surface area contributed by atoms with Gasteiger partial charge >= 0.3 is 0 Å². The lowest BCUT2D eigenvalue weighted by molar-refractivity contribution is 0.112. The predicted octanol–water partition coefficient (Wildman–Crippen LogP) is 0.812. The molecule has 0 spiro atoms. The van der Waals surface area contributed by atoms with Crippen LogP contribution in [0.4, 0.5) is 0 Å². The smallest absolute Gasteiger partial charge is 0.284 e. The summed E-state index contributed by atoms with van der Waals surface area (Å²) in [5.41, 5.74) is -0.610. The Balaban J connectivity index is 2.93. The van der Waals surface area contributed by atoms with E-state index in [0.29, 0.717) is 5.82 Å². The van der Waals surface area contributed by atoms with E-state index < -0.39 is 5.60 Å². The van der Waals surface area contributed by atoms with Crippen LogP contribution in [0.1, 0.15) is 19.7 Å². The normalized spacial score (nSPS) is 11.5. The summed E-state index contributed by atoms with van der Waals surface area (Å²) in [5.74, 6) is 0.586. The minimum atomic E-state index is -0.610. The number of nitrogens with zero attached hydrogens (tertiary/aromatic N) is 2. The van der Waals surface area contributed by atoms with Crippen LogP contribution in [-0.2, 0) is 10.3 Å². The summed E-state index contributed by atoms with van der Waals surface area (Å²) in [7, 11) is 5.06. The molecule has 0 amide bonds. The molecule has 0 saturated heterocycles. The average Bonchev–Trinajstić information content (AvgIpc) is 2.06. The van der Waals surface area contributed by atoms with Gasteiger partial charge in [-0.3, -0.25) is 0 Å². The SMILES string of the molecule is [B]OC(C)(C)c1ncccn1. The molecule has 1 aromatic rings. The summed E-state index contributed by atoms with van der Waals surface area (Å²) < 4.78 is 4.70. The number of aromatic nitrogens is 2. The van der Waals surface area contributed by atoms with Crippen LogP contribution < -0.4 is 0 Å². The molecule has 1 aromatic heterocycles. The van der Waals surface area contributed by atoms with Gasteiger partial charge in [-0.05, 0) is 19.9 Å². The van der Waals surface area contributed by atoms with E-state index in [-0.39, 0.29) is 0 Å². The Hall–Kier alpha value is -0.895. The van der Waals surface area contributed by atoms with Crippen LogP contribution in [0.3, 0.4) is 0 Å². The zero-order valence-corrected chi connectivity index (χ0v) is 6.61. The third kappa shape index (κ3) is 1.77. The Morgan fingerprint density at radius 1 is 1.36 bits per heavy atom. The molecule has 0 aliphatic carbocycles. The summed E-state index contributed by atoms with van der Waals surface area (Å²) in [4.78, 5) is 8.01. The lowest BCUT2D eigenvalue weighted by atomic mass is 10.1. The average molecular weight is 148 g/mol. The molecule has 0 aliphatic heterocycles. The third-order valence-electron chi connectivity index (χ3n) is 1.40. The van der Waals surface area contributed by atoms with Crippen LogP contribution in [0.2, 0.25) is 0 Å². The second-order valence-corrected chi connectivity index (χ2v) is 2.70. The van der Waals surface area contributed by atoms with E-state index in [4.69, 9.17) is 12.7 Å². The van der Waals surface area contributed by atoms with E-state index in [1.54, 1.807) is 18.5 Å². The van der Waals surface area contributed by atoms with Gasteiger partial charge < -0.3 is 4.65 Å². The van der Waals surface area contributed by atoms with Gasteiger partial charge in [0.25, 0.3) is 8.05 Å². The molecular formula is C7H9BN2O. The molecule has 56 valence electrons. The fourth-order valence-electron chi connectivity index (χ4n) is 0.663. The summed E-state index contributed by atoms with van der Waals surface area (Å²) >= 11 is 0. The van der Waals surface area contributed by atoms with Crippen molar-refractivity contribution in [2.45, 2.75) is 19.4 Å². The van der Waals surface area contributed by atoms with Crippen LogP contribution >= 0.6 is 0 Å². The standard InChI is InChI=1S/C7H9BN2O/c1-7(2,11-8)6-9-4-3-5-10-6/h3-5H,1-2H3. The van der Waals surface area contributed by atoms with Gasteiger partial charge in [-0.15, -0.1) is 0 Å². The largest absolute Gasteiger partial charge is 0.437 e. The first-order valence-corrected chi connectivity index (χ1v) is 3.32. The molecule has 0 fully saturated rings. The summed E-state index contributed by atoms with van der Waals surface area (Å²) in [6.45, 7) is 3.62. The van der Waals surface area contributed by atoms with Crippen LogP contribution in [0.15, 0.2) is 18.5 Å². The van der Waals surface area contributed by atoms with Crippen molar-refractivity contribution < 1.29 is 4.65 Å². The van der Waals surface area contributed by atoms with Crippen molar-refractivity contribution in [3.63, 3.8) is 0 Å². The van der Waals surface area contributed by atoms with Crippen molar-refractivity contribution in [2.75, 3.05) is 0 Å². The van der Waals surface area contributed by atoms with Gasteiger partial charge in [-0.2, -0.15) is 0 Å². The van der Waals surface area contributed by atoms with Crippen LogP contribution in [0.25, 0.3) is 0 Å². The molecule has 11 heavy (non-hydrogen) atoms. The highest BCUT2D eigenvalue weighted by molar-refractivity contribution is 5.98. The first-order valence-electron chi connectivity index (χ1n) is 3.32. The first kappa shape index (κ1) is 8.20. The predicted molar refractivity (Wildman–Crippen MR) is 41.9 cm³/mol. The van der Waals surface area contributed by atoms with E-state index in [1.165, 1.54) is 0 Å². The Kier molecular flexibility index (Phi) is 2.24. The quantitative estimate of drug-likeness (QED) is 0.582. The minimum Gasteiger partial charge on any atom is -0.437 e. The summed E-state index contributed by atoms with van der Waals surface area (Å²) in [5, 5.41) is 0. The van der Waals surface area contributed by atoms with E-state index in [9.17, 15) is 0 Å². The van der Waals surface area contributed by atoms with E-state index in [0.717, 1.165) is 0 Å². The van der Waals surface area contributed by atoms with Crippen molar-refractivity contribution in [3.05, 3.63) is 24.3 Å². The number of rotatable bonds is 2. The molecule has 0 unspecified atom stereocenters. The molecule has 0 N–H and O–H groups in total. The highest BCUT2D eigenvalue weighted by atomic mass is 16.4. The van der Waals surface area contributed by atoms with Crippen molar-refractivity contribution in [2.24, 2.45) is 0 Å². The molecule has 4 heteroatoms. The van der Waals surface area contributed by atoms with Gasteiger partial charge in [0.05, 0.1) is 0 Å². The topological polar surface area (TPSA) is 35.0 Å². The van der Waals surface area contributed by atoms with E-state index in [1.807, 2.05) is 13.8 Å². The van der Waals surface area contributed by atoms with E-state index >= 15 is 0 Å². The van der Waals surface area contributed by atoms with Gasteiger partial charge in [-0.1, -0.05) is 0 Å². The molecule has 0 atom stereocenters. The van der Waals surface area contributed by atoms with Gasteiger partial charge in [0.1, 0.15) is 5.60 Å². The molecular weight excluding hydrogens is 139 g/mol. The van der Waals surface area contributed by atoms with Crippen LogP contribution in [0.5, 0.6) is 0 Å². The summed E-state index contributed by atoms with van der Waals surface area (Å²) in [6, 6.07) is 1.75. The minimum absolute atomic E-state index is 0.586. The monoisotopic (exact) mass is 148 g/mol. The van der Waals surface area contributed by atoms with Crippen molar-refractivity contribution in [1.82, 2.24) is 9.97 Å². The van der Waals surface area contributed by atoms with E-state index in [2.05, 4.69) is 9.97 Å². The molecule has 0 bridgehead atoms. The first-order chi connectivity index (χ1) is 5.17.